The molecule has 13 N–H and O–H groups in total. The number of aromatic nitrogens is 1. The molecule has 23 nitrogen and oxygen atoms in total. The summed E-state index contributed by atoms with van der Waals surface area (Å²) in [6.45, 7) is -0.443. The molecule has 0 saturated carbocycles. The molecule has 65 heavy (non-hydrogen) atoms. The van der Waals surface area contributed by atoms with Crippen LogP contribution in [0.1, 0.15) is 67.4 Å². The fourth-order valence-corrected chi connectivity index (χ4v) is 6.87. The number of guanidine groups is 1. The number of aliphatic imine (C=N–C) groups is 1. The van der Waals surface area contributed by atoms with Gasteiger partial charge in [0.25, 0.3) is 16.0 Å². The van der Waals surface area contributed by atoms with Gasteiger partial charge in [0.2, 0.25) is 29.5 Å². The standard InChI is InChI=1S/C40H50N12O11S.CH4/c41-40(42)44-18-8-13-27-37(58)49-28(12-6-7-17-43-35(56)26-15-16-32(45-21-26)52-47-22-25-11-4-5-14-31(25)64(61,62)63)38(59)50-29(19-24-9-2-1-3-10-24)39(60)51-30(20-34(54)55)36(57)46-23-33(53)48-27;/h1-5,9-11,14-16,21-22,27-30H,6-8,12-13,17-20,23H2,(H,43,56)(H,45,52)(H,46,57)(H,48,53)(H,49,58)(H,50,59)(H,51,60)(H,54,55)(H4,41,42,44)(H,61,62,63);1H4/t27?,28-,29-,30-;/m1./s1. The van der Waals surface area contributed by atoms with Crippen LogP contribution in [-0.2, 0) is 45.3 Å². The van der Waals surface area contributed by atoms with Crippen molar-refractivity contribution in [3.63, 3.8) is 0 Å². The third-order valence-electron chi connectivity index (χ3n) is 9.39. The predicted octanol–water partition coefficient (Wildman–Crippen LogP) is -0.849. The molecule has 2 heterocycles. The van der Waals surface area contributed by atoms with Crippen LogP contribution in [0.5, 0.6) is 0 Å². The molecule has 0 radical (unpaired) electrons. The van der Waals surface area contributed by atoms with Crippen LogP contribution in [-0.4, -0.2) is 120 Å². The summed E-state index contributed by atoms with van der Waals surface area (Å²) in [7, 11) is -4.48. The average molecular weight is 923 g/mol. The van der Waals surface area contributed by atoms with Crippen molar-refractivity contribution < 1.29 is 51.6 Å². The number of hydrogen-bond donors (Lipinski definition) is 11. The van der Waals surface area contributed by atoms with Gasteiger partial charge < -0.3 is 48.5 Å². The number of nitrogens with zero attached hydrogens (tertiary/aromatic N) is 3. The number of hydrazone groups is 1. The molecule has 1 fully saturated rings. The first-order valence-electron chi connectivity index (χ1n) is 19.9. The third-order valence-corrected chi connectivity index (χ3v) is 10.3. The number of unbranched alkanes of at least 4 members (excludes halogenated alkanes) is 1. The van der Waals surface area contributed by atoms with Gasteiger partial charge in [0.1, 0.15) is 34.9 Å². The molecule has 350 valence electrons. The lowest BCUT2D eigenvalue weighted by Crippen LogP contribution is -2.58. The van der Waals surface area contributed by atoms with E-state index in [1.54, 1.807) is 36.4 Å². The van der Waals surface area contributed by atoms with Crippen molar-refractivity contribution in [3.8, 4) is 0 Å². The van der Waals surface area contributed by atoms with E-state index in [1.165, 1.54) is 42.7 Å². The van der Waals surface area contributed by atoms with Crippen LogP contribution in [0.15, 0.2) is 87.9 Å². The number of carbonyl (C=O) groups is 7. The largest absolute Gasteiger partial charge is 0.481 e. The molecular weight excluding hydrogens is 869 g/mol. The molecule has 1 aliphatic heterocycles. The predicted molar refractivity (Wildman–Crippen MR) is 238 cm³/mol. The molecule has 0 aliphatic carbocycles. The lowest BCUT2D eigenvalue weighted by molar-refractivity contribution is -0.141. The first-order chi connectivity index (χ1) is 30.5. The van der Waals surface area contributed by atoms with Crippen molar-refractivity contribution >= 4 is 69.5 Å². The highest BCUT2D eigenvalue weighted by Crippen LogP contribution is 2.14. The molecule has 0 spiro atoms. The molecule has 6 amide bonds. The van der Waals surface area contributed by atoms with Gasteiger partial charge in [0, 0.05) is 31.3 Å². The van der Waals surface area contributed by atoms with Crippen molar-refractivity contribution in [1.82, 2.24) is 36.9 Å². The van der Waals surface area contributed by atoms with E-state index in [0.717, 1.165) is 0 Å². The van der Waals surface area contributed by atoms with E-state index >= 15 is 0 Å². The van der Waals surface area contributed by atoms with Crippen molar-refractivity contribution in [3.05, 3.63) is 89.6 Å². The topological polar surface area (TPSA) is 368 Å². The van der Waals surface area contributed by atoms with Gasteiger partial charge in [-0.05, 0) is 55.9 Å². The number of amides is 6. The van der Waals surface area contributed by atoms with Crippen LogP contribution in [0, 0.1) is 0 Å². The number of rotatable bonds is 18. The summed E-state index contributed by atoms with van der Waals surface area (Å²) in [5, 5.41) is 28.7. The summed E-state index contributed by atoms with van der Waals surface area (Å²) in [5.41, 5.74) is 14.4. The van der Waals surface area contributed by atoms with Gasteiger partial charge in [0.15, 0.2) is 5.96 Å². The molecule has 2 aromatic carbocycles. The monoisotopic (exact) mass is 922 g/mol. The number of aliphatic carboxylic acids is 1. The van der Waals surface area contributed by atoms with E-state index in [9.17, 15) is 51.6 Å². The maximum Gasteiger partial charge on any atom is 0.305 e. The van der Waals surface area contributed by atoms with Gasteiger partial charge in [-0.2, -0.15) is 13.5 Å². The molecule has 4 atom stereocenters. The summed E-state index contributed by atoms with van der Waals surface area (Å²) in [4.78, 5) is 99.8. The summed E-state index contributed by atoms with van der Waals surface area (Å²) in [6.07, 6.45) is 2.34. The van der Waals surface area contributed by atoms with Crippen LogP contribution < -0.4 is 48.8 Å². The number of anilines is 1. The molecule has 3 aromatic rings. The Bertz CT molecular complexity index is 2310. The Morgan fingerprint density at radius 3 is 2.09 bits per heavy atom. The normalized spacial score (nSPS) is 18.5. The van der Waals surface area contributed by atoms with Gasteiger partial charge in [-0.25, -0.2) is 4.98 Å². The Morgan fingerprint density at radius 1 is 0.800 bits per heavy atom. The highest BCUT2D eigenvalue weighted by molar-refractivity contribution is 7.86. The Labute approximate surface area is 374 Å². The van der Waals surface area contributed by atoms with Crippen LogP contribution >= 0.6 is 0 Å². The summed E-state index contributed by atoms with van der Waals surface area (Å²) in [5.74, 6) is -6.12. The lowest BCUT2D eigenvalue weighted by atomic mass is 10.0. The van der Waals surface area contributed by atoms with E-state index in [4.69, 9.17) is 11.5 Å². The van der Waals surface area contributed by atoms with Gasteiger partial charge >= 0.3 is 5.97 Å². The highest BCUT2D eigenvalue weighted by Gasteiger charge is 2.33. The maximum absolute atomic E-state index is 14.0. The number of carboxylic acid groups (broad SMARTS) is 1. The number of nitrogens with one attached hydrogen (secondary N) is 7. The Kier molecular flexibility index (Phi) is 20.4. The van der Waals surface area contributed by atoms with Gasteiger partial charge in [0.05, 0.1) is 24.7 Å². The molecule has 1 aliphatic rings. The summed E-state index contributed by atoms with van der Waals surface area (Å²) < 4.78 is 32.6. The minimum absolute atomic E-state index is 0. The zero-order valence-electron chi connectivity index (χ0n) is 34.4. The second kappa shape index (κ2) is 25.6. The van der Waals surface area contributed by atoms with Gasteiger partial charge in [-0.3, -0.25) is 48.5 Å². The summed E-state index contributed by atoms with van der Waals surface area (Å²) in [6, 6.07) is 11.7. The highest BCUT2D eigenvalue weighted by atomic mass is 32.2. The van der Waals surface area contributed by atoms with Crippen molar-refractivity contribution in [2.45, 2.75) is 81.4 Å². The maximum atomic E-state index is 14.0. The minimum atomic E-state index is -4.48. The number of carboxylic acids is 1. The number of benzene rings is 2. The number of carbonyl (C=O) groups excluding carboxylic acids is 6. The molecule has 24 heteroatoms. The van der Waals surface area contributed by atoms with Gasteiger partial charge in [-0.15, -0.1) is 0 Å². The first-order valence-corrected chi connectivity index (χ1v) is 21.3. The van der Waals surface area contributed by atoms with Crippen molar-refractivity contribution in [2.75, 3.05) is 25.1 Å². The molecule has 1 saturated heterocycles. The van der Waals surface area contributed by atoms with Crippen LogP contribution in [0.4, 0.5) is 5.82 Å². The Hall–Kier alpha value is -7.47. The zero-order chi connectivity index (χ0) is 46.6. The van der Waals surface area contributed by atoms with E-state index in [-0.39, 0.29) is 80.4 Å². The molecular formula is C41H54N12O11S. The van der Waals surface area contributed by atoms with E-state index in [2.05, 4.69) is 52.4 Å². The number of nitrogens with two attached hydrogens (primary N) is 2. The average Bonchev–Trinajstić information content (AvgIpc) is 3.25. The van der Waals surface area contributed by atoms with Gasteiger partial charge in [-0.1, -0.05) is 56.0 Å². The molecule has 1 unspecified atom stereocenters. The Morgan fingerprint density at radius 2 is 1.43 bits per heavy atom. The molecule has 4 rings (SSSR count). The fraction of sp³-hybridized carbons (Fsp3) is 0.366. The third kappa shape index (κ3) is 17.7. The Balaban J connectivity index is 0.0000112. The van der Waals surface area contributed by atoms with Crippen LogP contribution in [0.3, 0.4) is 0 Å². The van der Waals surface area contributed by atoms with E-state index < -0.39 is 88.7 Å². The van der Waals surface area contributed by atoms with Crippen molar-refractivity contribution in [1.29, 1.82) is 0 Å². The van der Waals surface area contributed by atoms with E-state index in [1.807, 2.05) is 0 Å². The SMILES string of the molecule is C.NC(N)=NCCCC1NC(=O)CNC(=O)[C@@H](CC(=O)O)NC(=O)[C@@H](Cc2ccccc2)NC(=O)[C@@H](CCCCNC(=O)c2ccc(NN=Cc3ccccc3S(=O)(=O)O)nc2)NC1=O. The molecule has 0 bridgehead atoms. The molecule has 1 aromatic heterocycles. The second-order valence-corrected chi connectivity index (χ2v) is 15.7. The number of pyridine rings is 1. The number of hydrogen-bond acceptors (Lipinski definition) is 13. The van der Waals surface area contributed by atoms with E-state index in [0.29, 0.717) is 12.0 Å². The van der Waals surface area contributed by atoms with Crippen LogP contribution in [0.25, 0.3) is 0 Å². The fourth-order valence-electron chi connectivity index (χ4n) is 6.20. The smallest absolute Gasteiger partial charge is 0.305 e. The minimum Gasteiger partial charge on any atom is -0.481 e. The summed E-state index contributed by atoms with van der Waals surface area (Å²) >= 11 is 0. The quantitative estimate of drug-likeness (QED) is 0.0243. The zero-order valence-corrected chi connectivity index (χ0v) is 35.2. The lowest BCUT2D eigenvalue weighted by Gasteiger charge is -2.26. The van der Waals surface area contributed by atoms with Crippen molar-refractivity contribution in [2.24, 2.45) is 21.6 Å². The second-order valence-electron chi connectivity index (χ2n) is 14.3. The van der Waals surface area contributed by atoms with Crippen LogP contribution in [0.2, 0.25) is 0 Å². The first kappa shape index (κ1) is 51.9.